The number of carbonyl (C=O) groups is 1. The van der Waals surface area contributed by atoms with Crippen molar-refractivity contribution in [2.45, 2.75) is 26.8 Å². The number of pyridine rings is 1. The summed E-state index contributed by atoms with van der Waals surface area (Å²) in [5.74, 6) is 0.677. The maximum atomic E-state index is 13.5. The molecular weight excluding hydrogens is 281 g/mol. The van der Waals surface area contributed by atoms with Crippen LogP contribution in [-0.4, -0.2) is 10.9 Å². The van der Waals surface area contributed by atoms with Gasteiger partial charge in [-0.2, -0.15) is 0 Å². The van der Waals surface area contributed by atoms with Gasteiger partial charge >= 0.3 is 0 Å². The quantitative estimate of drug-likeness (QED) is 0.853. The van der Waals surface area contributed by atoms with Crippen molar-refractivity contribution in [1.82, 2.24) is 4.98 Å². The van der Waals surface area contributed by atoms with E-state index in [1.165, 1.54) is 6.07 Å². The summed E-state index contributed by atoms with van der Waals surface area (Å²) in [5, 5.41) is 5.84. The number of halogens is 1. The Balaban J connectivity index is 1.89. The number of hydrogen-bond donors (Lipinski definition) is 2. The maximum Gasteiger partial charge on any atom is 0.224 e. The van der Waals surface area contributed by atoms with Crippen molar-refractivity contribution in [3.63, 3.8) is 0 Å². The predicted molar refractivity (Wildman–Crippen MR) is 86.0 cm³/mol. The van der Waals surface area contributed by atoms with E-state index in [9.17, 15) is 9.18 Å². The molecule has 22 heavy (non-hydrogen) atoms. The van der Waals surface area contributed by atoms with Crippen molar-refractivity contribution >= 4 is 17.4 Å². The summed E-state index contributed by atoms with van der Waals surface area (Å²) in [6, 6.07) is 10.1. The Hall–Kier alpha value is -2.43. The van der Waals surface area contributed by atoms with Crippen LogP contribution < -0.4 is 10.6 Å². The number of rotatable bonds is 6. The van der Waals surface area contributed by atoms with Crippen LogP contribution in [0.15, 0.2) is 42.6 Å². The van der Waals surface area contributed by atoms with Crippen molar-refractivity contribution < 1.29 is 9.18 Å². The highest BCUT2D eigenvalue weighted by molar-refractivity contribution is 5.90. The molecule has 0 saturated heterocycles. The number of anilines is 2. The van der Waals surface area contributed by atoms with Gasteiger partial charge in [0.25, 0.3) is 0 Å². The number of carbonyl (C=O) groups excluding carboxylic acids is 1. The third-order valence-corrected chi connectivity index (χ3v) is 3.06. The minimum atomic E-state index is -0.243. The van der Waals surface area contributed by atoms with Crippen LogP contribution in [0.4, 0.5) is 15.9 Å². The molecule has 0 spiro atoms. The van der Waals surface area contributed by atoms with Gasteiger partial charge in [0.15, 0.2) is 0 Å². The summed E-state index contributed by atoms with van der Waals surface area (Å²) in [4.78, 5) is 15.9. The van der Waals surface area contributed by atoms with E-state index in [1.807, 2.05) is 13.8 Å². The first kappa shape index (κ1) is 15.9. The molecule has 0 unspecified atom stereocenters. The van der Waals surface area contributed by atoms with Crippen LogP contribution in [0.2, 0.25) is 0 Å². The number of benzene rings is 1. The van der Waals surface area contributed by atoms with Gasteiger partial charge in [0.1, 0.15) is 11.6 Å². The van der Waals surface area contributed by atoms with Crippen molar-refractivity contribution in [1.29, 1.82) is 0 Å². The number of nitrogens with zero attached hydrogens (tertiary/aromatic N) is 1. The van der Waals surface area contributed by atoms with Crippen molar-refractivity contribution in [3.05, 3.63) is 54.0 Å². The van der Waals surface area contributed by atoms with Crippen LogP contribution in [0.5, 0.6) is 0 Å². The third-order valence-electron chi connectivity index (χ3n) is 3.06. The normalized spacial score (nSPS) is 10.5. The van der Waals surface area contributed by atoms with E-state index in [4.69, 9.17) is 0 Å². The summed E-state index contributed by atoms with van der Waals surface area (Å²) in [5.41, 5.74) is 1.24. The molecule has 2 N–H and O–H groups in total. The molecule has 1 aromatic heterocycles. The van der Waals surface area contributed by atoms with Crippen molar-refractivity contribution in [2.24, 2.45) is 5.92 Å². The van der Waals surface area contributed by atoms with E-state index in [1.54, 1.807) is 36.5 Å². The number of nitrogens with one attached hydrogen (secondary N) is 2. The molecule has 1 amide bonds. The largest absolute Gasteiger partial charge is 0.366 e. The Morgan fingerprint density at radius 3 is 2.64 bits per heavy atom. The number of amides is 1. The highest BCUT2D eigenvalue weighted by atomic mass is 19.1. The van der Waals surface area contributed by atoms with E-state index in [0.717, 1.165) is 0 Å². The number of aromatic nitrogens is 1. The topological polar surface area (TPSA) is 54.0 Å². The fourth-order valence-electron chi connectivity index (χ4n) is 1.98. The minimum absolute atomic E-state index is 0.0242. The monoisotopic (exact) mass is 301 g/mol. The lowest BCUT2D eigenvalue weighted by atomic mass is 10.1. The van der Waals surface area contributed by atoms with Gasteiger partial charge in [-0.3, -0.25) is 4.79 Å². The molecule has 0 aliphatic rings. The Morgan fingerprint density at radius 2 is 2.00 bits per heavy atom. The first-order valence-corrected chi connectivity index (χ1v) is 7.28. The third kappa shape index (κ3) is 4.84. The molecule has 0 saturated carbocycles. The second kappa shape index (κ2) is 7.54. The lowest BCUT2D eigenvalue weighted by Gasteiger charge is -2.09. The highest BCUT2D eigenvalue weighted by Crippen LogP contribution is 2.13. The Labute approximate surface area is 129 Å². The van der Waals surface area contributed by atoms with E-state index in [2.05, 4.69) is 15.6 Å². The molecule has 2 rings (SSSR count). The predicted octanol–water partition coefficient (Wildman–Crippen LogP) is 3.82. The van der Waals surface area contributed by atoms with Gasteiger partial charge in [0.2, 0.25) is 5.91 Å². The Morgan fingerprint density at radius 1 is 1.23 bits per heavy atom. The van der Waals surface area contributed by atoms with Crippen LogP contribution in [-0.2, 0) is 11.3 Å². The molecule has 0 bridgehead atoms. The molecule has 116 valence electrons. The highest BCUT2D eigenvalue weighted by Gasteiger charge is 2.06. The summed E-state index contributed by atoms with van der Waals surface area (Å²) in [6.45, 7) is 4.35. The van der Waals surface area contributed by atoms with Crippen LogP contribution in [0.1, 0.15) is 25.8 Å². The first-order valence-electron chi connectivity index (χ1n) is 7.28. The number of hydrogen-bond acceptors (Lipinski definition) is 3. The second-order valence-corrected chi connectivity index (χ2v) is 5.52. The molecular formula is C17H20FN3O. The van der Waals surface area contributed by atoms with Crippen LogP contribution >= 0.6 is 0 Å². The molecule has 1 aromatic carbocycles. The SMILES string of the molecule is CC(C)CC(=O)Nc1ccc(NCc2ccccc2F)nc1. The lowest BCUT2D eigenvalue weighted by Crippen LogP contribution is -2.14. The van der Waals surface area contributed by atoms with Gasteiger partial charge in [-0.1, -0.05) is 32.0 Å². The molecule has 0 atom stereocenters. The Kier molecular flexibility index (Phi) is 5.47. The van der Waals surface area contributed by atoms with E-state index >= 15 is 0 Å². The van der Waals surface area contributed by atoms with Gasteiger partial charge in [0, 0.05) is 18.5 Å². The van der Waals surface area contributed by atoms with E-state index < -0.39 is 0 Å². The minimum Gasteiger partial charge on any atom is -0.366 e. The zero-order chi connectivity index (χ0) is 15.9. The van der Waals surface area contributed by atoms with Crippen LogP contribution in [0.25, 0.3) is 0 Å². The molecule has 0 fully saturated rings. The molecule has 2 aromatic rings. The fraction of sp³-hybridized carbons (Fsp3) is 0.294. The average Bonchev–Trinajstić information content (AvgIpc) is 2.47. The van der Waals surface area contributed by atoms with E-state index in [0.29, 0.717) is 36.0 Å². The van der Waals surface area contributed by atoms with E-state index in [-0.39, 0.29) is 11.7 Å². The molecule has 5 heteroatoms. The van der Waals surface area contributed by atoms with Crippen LogP contribution in [0.3, 0.4) is 0 Å². The molecule has 0 aliphatic carbocycles. The average molecular weight is 301 g/mol. The molecule has 1 heterocycles. The smallest absolute Gasteiger partial charge is 0.224 e. The summed E-state index contributed by atoms with van der Waals surface area (Å²) in [6.07, 6.45) is 2.06. The molecule has 0 aliphatic heterocycles. The molecule has 4 nitrogen and oxygen atoms in total. The van der Waals surface area contributed by atoms with Crippen molar-refractivity contribution in [3.8, 4) is 0 Å². The van der Waals surface area contributed by atoms with Crippen LogP contribution in [0, 0.1) is 11.7 Å². The summed E-state index contributed by atoms with van der Waals surface area (Å²) in [7, 11) is 0. The zero-order valence-electron chi connectivity index (χ0n) is 12.8. The summed E-state index contributed by atoms with van der Waals surface area (Å²) >= 11 is 0. The van der Waals surface area contributed by atoms with Gasteiger partial charge in [-0.05, 0) is 24.1 Å². The molecule has 0 radical (unpaired) electrons. The summed E-state index contributed by atoms with van der Waals surface area (Å²) < 4.78 is 13.5. The Bertz CT molecular complexity index is 626. The van der Waals surface area contributed by atoms with Gasteiger partial charge in [-0.15, -0.1) is 0 Å². The lowest BCUT2D eigenvalue weighted by molar-refractivity contribution is -0.116. The standard InChI is InChI=1S/C17H20FN3O/c1-12(2)9-17(22)21-14-7-8-16(20-11-14)19-10-13-5-3-4-6-15(13)18/h3-8,11-12H,9-10H2,1-2H3,(H,19,20)(H,21,22). The van der Waals surface area contributed by atoms with Gasteiger partial charge < -0.3 is 10.6 Å². The first-order chi connectivity index (χ1) is 10.5. The van der Waals surface area contributed by atoms with Gasteiger partial charge in [0.05, 0.1) is 11.9 Å². The zero-order valence-corrected chi connectivity index (χ0v) is 12.8. The van der Waals surface area contributed by atoms with Crippen molar-refractivity contribution in [2.75, 3.05) is 10.6 Å². The van der Waals surface area contributed by atoms with Gasteiger partial charge in [-0.25, -0.2) is 9.37 Å². The fourth-order valence-corrected chi connectivity index (χ4v) is 1.98. The maximum absolute atomic E-state index is 13.5. The second-order valence-electron chi connectivity index (χ2n) is 5.52.